The van der Waals surface area contributed by atoms with Crippen molar-refractivity contribution in [3.05, 3.63) is 29.1 Å². The van der Waals surface area contributed by atoms with Crippen LogP contribution in [0.1, 0.15) is 35.9 Å². The number of amides is 1. The largest absolute Gasteiger partial charge is 0.399 e. The van der Waals surface area contributed by atoms with Crippen LogP contribution in [-0.4, -0.2) is 24.4 Å². The van der Waals surface area contributed by atoms with E-state index in [1.54, 1.807) is 0 Å². The van der Waals surface area contributed by atoms with Crippen LogP contribution in [0, 0.1) is 0 Å². The zero-order valence-electron chi connectivity index (χ0n) is 11.5. The quantitative estimate of drug-likeness (QED) is 0.668. The fourth-order valence-electron chi connectivity index (χ4n) is 2.06. The normalized spacial score (nSPS) is 10.8. The first-order chi connectivity index (χ1) is 9.11. The molecule has 3 nitrogen and oxygen atoms in total. The second-order valence-electron chi connectivity index (χ2n) is 4.84. The van der Waals surface area contributed by atoms with Crippen LogP contribution in [0.15, 0.2) is 24.3 Å². The van der Waals surface area contributed by atoms with E-state index in [1.165, 1.54) is 24.2 Å². The number of rotatable bonds is 5. The molecule has 2 rings (SSSR count). The molecule has 1 amide bonds. The Bertz CT molecular complexity index is 577. The monoisotopic (exact) mass is 276 g/mol. The Morgan fingerprint density at radius 2 is 2.11 bits per heavy atom. The van der Waals surface area contributed by atoms with Crippen LogP contribution < -0.4 is 5.73 Å². The van der Waals surface area contributed by atoms with E-state index in [-0.39, 0.29) is 5.91 Å². The molecule has 0 saturated heterocycles. The van der Waals surface area contributed by atoms with E-state index >= 15 is 0 Å². The third-order valence-electron chi connectivity index (χ3n) is 3.19. The molecule has 0 radical (unpaired) electrons. The van der Waals surface area contributed by atoms with E-state index in [0.717, 1.165) is 33.6 Å². The number of benzene rings is 1. The summed E-state index contributed by atoms with van der Waals surface area (Å²) in [5.41, 5.74) is 6.50. The van der Waals surface area contributed by atoms with Gasteiger partial charge in [-0.05, 0) is 36.1 Å². The Morgan fingerprint density at radius 1 is 1.32 bits per heavy atom. The van der Waals surface area contributed by atoms with Crippen molar-refractivity contribution in [2.24, 2.45) is 0 Å². The Balaban J connectivity index is 2.12. The van der Waals surface area contributed by atoms with Crippen molar-refractivity contribution in [1.29, 1.82) is 0 Å². The summed E-state index contributed by atoms with van der Waals surface area (Å²) in [7, 11) is 1.87. The Morgan fingerprint density at radius 3 is 2.84 bits per heavy atom. The smallest absolute Gasteiger partial charge is 0.263 e. The number of unbranched alkanes of at least 4 members (excludes halogenated alkanes) is 2. The van der Waals surface area contributed by atoms with Crippen LogP contribution in [0.25, 0.3) is 10.1 Å². The standard InChI is InChI=1S/C15H20N2OS/c1-3-4-5-8-17(2)15(18)14-10-11-9-12(16)6-7-13(11)19-14/h6-7,9-10H,3-5,8,16H2,1-2H3. The van der Waals surface area contributed by atoms with E-state index in [4.69, 9.17) is 5.73 Å². The van der Waals surface area contributed by atoms with Gasteiger partial charge in [-0.15, -0.1) is 11.3 Å². The van der Waals surface area contributed by atoms with Gasteiger partial charge < -0.3 is 10.6 Å². The second-order valence-corrected chi connectivity index (χ2v) is 5.93. The summed E-state index contributed by atoms with van der Waals surface area (Å²) in [6.45, 7) is 2.99. The predicted octanol–water partition coefficient (Wildman–Crippen LogP) is 3.75. The number of hydrogen-bond acceptors (Lipinski definition) is 3. The number of nitrogens with two attached hydrogens (primary N) is 1. The summed E-state index contributed by atoms with van der Waals surface area (Å²) in [5.74, 6) is 0.107. The van der Waals surface area contributed by atoms with Crippen molar-refractivity contribution in [1.82, 2.24) is 4.90 Å². The Hall–Kier alpha value is -1.55. The highest BCUT2D eigenvalue weighted by atomic mass is 32.1. The van der Waals surface area contributed by atoms with Crippen LogP contribution in [-0.2, 0) is 0 Å². The van der Waals surface area contributed by atoms with Crippen molar-refractivity contribution >= 4 is 33.0 Å². The summed E-state index contributed by atoms with van der Waals surface area (Å²) in [6.07, 6.45) is 3.40. The van der Waals surface area contributed by atoms with Crippen LogP contribution in [0.2, 0.25) is 0 Å². The first-order valence-electron chi connectivity index (χ1n) is 6.66. The fourth-order valence-corrected chi connectivity index (χ4v) is 3.09. The van der Waals surface area contributed by atoms with Gasteiger partial charge in [-0.1, -0.05) is 19.8 Å². The van der Waals surface area contributed by atoms with Gasteiger partial charge in [0.15, 0.2) is 0 Å². The molecule has 0 aliphatic rings. The predicted molar refractivity (Wildman–Crippen MR) is 82.7 cm³/mol. The van der Waals surface area contributed by atoms with Gasteiger partial charge in [0.1, 0.15) is 0 Å². The highest BCUT2D eigenvalue weighted by Gasteiger charge is 2.14. The van der Waals surface area contributed by atoms with Crippen LogP contribution >= 0.6 is 11.3 Å². The number of hydrogen-bond donors (Lipinski definition) is 1. The van der Waals surface area contributed by atoms with Crippen LogP contribution in [0.3, 0.4) is 0 Å². The molecule has 0 fully saturated rings. The fraction of sp³-hybridized carbons (Fsp3) is 0.400. The van der Waals surface area contributed by atoms with Crippen LogP contribution in [0.4, 0.5) is 5.69 Å². The molecule has 19 heavy (non-hydrogen) atoms. The molecular formula is C15H20N2OS. The number of anilines is 1. The minimum absolute atomic E-state index is 0.107. The Labute approximate surface area is 118 Å². The van der Waals surface area contributed by atoms with Gasteiger partial charge in [-0.3, -0.25) is 4.79 Å². The lowest BCUT2D eigenvalue weighted by molar-refractivity contribution is 0.0797. The maximum Gasteiger partial charge on any atom is 0.263 e. The number of nitrogens with zero attached hydrogens (tertiary/aromatic N) is 1. The van der Waals surface area contributed by atoms with Gasteiger partial charge in [0, 0.05) is 24.0 Å². The lowest BCUT2D eigenvalue weighted by Gasteiger charge is -2.15. The second kappa shape index (κ2) is 6.06. The topological polar surface area (TPSA) is 46.3 Å². The number of carbonyl (C=O) groups is 1. The molecule has 1 heterocycles. The molecule has 4 heteroatoms. The summed E-state index contributed by atoms with van der Waals surface area (Å²) in [6, 6.07) is 7.70. The molecule has 0 spiro atoms. The third kappa shape index (κ3) is 3.26. The molecule has 1 aromatic carbocycles. The highest BCUT2D eigenvalue weighted by Crippen LogP contribution is 2.28. The highest BCUT2D eigenvalue weighted by molar-refractivity contribution is 7.20. The molecule has 2 N–H and O–H groups in total. The molecule has 0 aliphatic heterocycles. The van der Waals surface area contributed by atoms with E-state index in [1.807, 2.05) is 36.2 Å². The first kappa shape index (κ1) is 13.9. The van der Waals surface area contributed by atoms with E-state index < -0.39 is 0 Å². The lowest BCUT2D eigenvalue weighted by atomic mass is 10.2. The van der Waals surface area contributed by atoms with Gasteiger partial charge in [0.25, 0.3) is 5.91 Å². The number of thiophene rings is 1. The summed E-state index contributed by atoms with van der Waals surface area (Å²) >= 11 is 1.53. The van der Waals surface area contributed by atoms with E-state index in [0.29, 0.717) is 0 Å². The molecule has 102 valence electrons. The van der Waals surface area contributed by atoms with Crippen molar-refractivity contribution in [2.75, 3.05) is 19.3 Å². The van der Waals surface area contributed by atoms with Gasteiger partial charge >= 0.3 is 0 Å². The molecule has 0 aliphatic carbocycles. The minimum Gasteiger partial charge on any atom is -0.399 e. The number of fused-ring (bicyclic) bond motifs is 1. The van der Waals surface area contributed by atoms with Crippen molar-refractivity contribution in [3.8, 4) is 0 Å². The molecule has 0 bridgehead atoms. The summed E-state index contributed by atoms with van der Waals surface area (Å²) in [4.78, 5) is 14.9. The number of nitrogen functional groups attached to an aromatic ring is 1. The average molecular weight is 276 g/mol. The number of carbonyl (C=O) groups excluding carboxylic acids is 1. The van der Waals surface area contributed by atoms with Crippen molar-refractivity contribution in [3.63, 3.8) is 0 Å². The van der Waals surface area contributed by atoms with E-state index in [9.17, 15) is 4.79 Å². The van der Waals surface area contributed by atoms with Crippen LogP contribution in [0.5, 0.6) is 0 Å². The molecule has 2 aromatic rings. The van der Waals surface area contributed by atoms with Crippen molar-refractivity contribution in [2.45, 2.75) is 26.2 Å². The molecule has 0 atom stereocenters. The molecule has 0 unspecified atom stereocenters. The maximum atomic E-state index is 12.3. The van der Waals surface area contributed by atoms with Gasteiger partial charge in [-0.25, -0.2) is 0 Å². The molecular weight excluding hydrogens is 256 g/mol. The average Bonchev–Trinajstić information content (AvgIpc) is 2.80. The summed E-state index contributed by atoms with van der Waals surface area (Å²) < 4.78 is 1.11. The third-order valence-corrected chi connectivity index (χ3v) is 4.30. The molecule has 0 saturated carbocycles. The van der Waals surface area contributed by atoms with Gasteiger partial charge in [0.2, 0.25) is 0 Å². The zero-order valence-corrected chi connectivity index (χ0v) is 12.3. The SMILES string of the molecule is CCCCCN(C)C(=O)c1cc2cc(N)ccc2s1. The minimum atomic E-state index is 0.107. The van der Waals surface area contributed by atoms with Gasteiger partial charge in [-0.2, -0.15) is 0 Å². The Kier molecular flexibility index (Phi) is 4.43. The maximum absolute atomic E-state index is 12.3. The lowest BCUT2D eigenvalue weighted by Crippen LogP contribution is -2.26. The zero-order chi connectivity index (χ0) is 13.8. The van der Waals surface area contributed by atoms with E-state index in [2.05, 4.69) is 6.92 Å². The van der Waals surface area contributed by atoms with Crippen molar-refractivity contribution < 1.29 is 4.79 Å². The molecule has 1 aromatic heterocycles. The van der Waals surface area contributed by atoms with Gasteiger partial charge in [0.05, 0.1) is 4.88 Å². The first-order valence-corrected chi connectivity index (χ1v) is 7.48. The summed E-state index contributed by atoms with van der Waals surface area (Å²) in [5, 5.41) is 1.05.